The van der Waals surface area contributed by atoms with Gasteiger partial charge in [0.15, 0.2) is 5.76 Å². The highest BCUT2D eigenvalue weighted by atomic mass is 16.5. The number of hydrogen-bond donors (Lipinski definition) is 1. The largest absolute Gasteiger partial charge is 0.494 e. The molecule has 0 bridgehead atoms. The minimum absolute atomic E-state index is 0.667. The van der Waals surface area contributed by atoms with Gasteiger partial charge in [0.25, 0.3) is 0 Å². The molecule has 4 heteroatoms. The predicted molar refractivity (Wildman–Crippen MR) is 82.2 cm³/mol. The number of unbranched alkanes of at least 4 members (excludes halogenated alkanes) is 1. The van der Waals surface area contributed by atoms with Crippen molar-refractivity contribution in [3.05, 3.63) is 36.4 Å². The van der Waals surface area contributed by atoms with Crippen LogP contribution in [0.25, 0.3) is 11.3 Å². The third-order valence-electron chi connectivity index (χ3n) is 3.58. The van der Waals surface area contributed by atoms with Crippen LogP contribution in [0.1, 0.15) is 38.5 Å². The zero-order chi connectivity index (χ0) is 14.5. The topological polar surface area (TPSA) is 47.3 Å². The Hall–Kier alpha value is -1.81. The molecule has 1 aliphatic carbocycles. The highest BCUT2D eigenvalue weighted by molar-refractivity contribution is 5.57. The maximum Gasteiger partial charge on any atom is 0.208 e. The summed E-state index contributed by atoms with van der Waals surface area (Å²) in [4.78, 5) is 4.31. The SMILES string of the molecule is CCCCOc1ccc(-c2cnc(CNC3CC3)o2)cc1. The van der Waals surface area contributed by atoms with Gasteiger partial charge in [-0.2, -0.15) is 0 Å². The van der Waals surface area contributed by atoms with Gasteiger partial charge in [-0.3, -0.25) is 0 Å². The fourth-order valence-corrected chi connectivity index (χ4v) is 2.09. The van der Waals surface area contributed by atoms with Gasteiger partial charge in [0.2, 0.25) is 5.89 Å². The van der Waals surface area contributed by atoms with Crippen LogP contribution in [-0.4, -0.2) is 17.6 Å². The second kappa shape index (κ2) is 6.76. The Morgan fingerprint density at radius 1 is 1.29 bits per heavy atom. The average molecular weight is 286 g/mol. The number of rotatable bonds is 8. The highest BCUT2D eigenvalue weighted by Gasteiger charge is 2.20. The van der Waals surface area contributed by atoms with E-state index in [4.69, 9.17) is 9.15 Å². The molecule has 1 aromatic carbocycles. The summed E-state index contributed by atoms with van der Waals surface area (Å²) >= 11 is 0. The Kier molecular flexibility index (Phi) is 4.55. The quantitative estimate of drug-likeness (QED) is 0.750. The van der Waals surface area contributed by atoms with Gasteiger partial charge in [0.05, 0.1) is 19.3 Å². The van der Waals surface area contributed by atoms with Crippen LogP contribution < -0.4 is 10.1 Å². The summed E-state index contributed by atoms with van der Waals surface area (Å²) in [5, 5.41) is 3.40. The molecule has 21 heavy (non-hydrogen) atoms. The van der Waals surface area contributed by atoms with Crippen LogP contribution in [-0.2, 0) is 6.54 Å². The van der Waals surface area contributed by atoms with E-state index in [1.165, 1.54) is 12.8 Å². The van der Waals surface area contributed by atoms with E-state index in [0.29, 0.717) is 12.6 Å². The van der Waals surface area contributed by atoms with Crippen LogP contribution in [0.5, 0.6) is 5.75 Å². The third kappa shape index (κ3) is 4.08. The first-order chi connectivity index (χ1) is 10.3. The van der Waals surface area contributed by atoms with Crippen molar-refractivity contribution in [2.75, 3.05) is 6.61 Å². The molecule has 0 amide bonds. The first-order valence-electron chi connectivity index (χ1n) is 7.76. The predicted octanol–water partition coefficient (Wildman–Crippen LogP) is 3.77. The van der Waals surface area contributed by atoms with Gasteiger partial charge in [-0.1, -0.05) is 13.3 Å². The van der Waals surface area contributed by atoms with Crippen LogP contribution in [0, 0.1) is 0 Å². The summed E-state index contributed by atoms with van der Waals surface area (Å²) in [6.45, 7) is 3.64. The van der Waals surface area contributed by atoms with Crippen molar-refractivity contribution >= 4 is 0 Å². The Morgan fingerprint density at radius 2 is 2.10 bits per heavy atom. The molecular weight excluding hydrogens is 264 g/mol. The molecule has 112 valence electrons. The highest BCUT2D eigenvalue weighted by Crippen LogP contribution is 2.24. The summed E-state index contributed by atoms with van der Waals surface area (Å²) in [6.07, 6.45) is 6.56. The Morgan fingerprint density at radius 3 is 2.81 bits per heavy atom. The van der Waals surface area contributed by atoms with E-state index >= 15 is 0 Å². The normalized spacial score (nSPS) is 14.3. The van der Waals surface area contributed by atoms with Crippen LogP contribution in [0.15, 0.2) is 34.9 Å². The number of aromatic nitrogens is 1. The molecule has 3 rings (SSSR count). The number of oxazole rings is 1. The van der Waals surface area contributed by atoms with E-state index in [-0.39, 0.29) is 0 Å². The van der Waals surface area contributed by atoms with Gasteiger partial charge < -0.3 is 14.5 Å². The minimum Gasteiger partial charge on any atom is -0.494 e. The number of nitrogens with zero attached hydrogens (tertiary/aromatic N) is 1. The zero-order valence-corrected chi connectivity index (χ0v) is 12.5. The summed E-state index contributed by atoms with van der Waals surface area (Å²) in [5.41, 5.74) is 1.03. The van der Waals surface area contributed by atoms with E-state index in [1.54, 1.807) is 6.20 Å². The van der Waals surface area contributed by atoms with E-state index < -0.39 is 0 Å². The van der Waals surface area contributed by atoms with Crippen molar-refractivity contribution in [3.8, 4) is 17.1 Å². The fourth-order valence-electron chi connectivity index (χ4n) is 2.09. The van der Waals surface area contributed by atoms with Gasteiger partial charge in [0, 0.05) is 11.6 Å². The number of nitrogens with one attached hydrogen (secondary N) is 1. The molecule has 4 nitrogen and oxygen atoms in total. The maximum absolute atomic E-state index is 5.77. The molecule has 2 aromatic rings. The van der Waals surface area contributed by atoms with E-state index in [2.05, 4.69) is 17.2 Å². The molecule has 1 aliphatic rings. The van der Waals surface area contributed by atoms with Crippen molar-refractivity contribution in [1.82, 2.24) is 10.3 Å². The van der Waals surface area contributed by atoms with Gasteiger partial charge in [-0.15, -0.1) is 0 Å². The smallest absolute Gasteiger partial charge is 0.208 e. The van der Waals surface area contributed by atoms with Gasteiger partial charge in [0.1, 0.15) is 5.75 Å². The Labute approximate surface area is 125 Å². The molecule has 1 fully saturated rings. The molecule has 0 unspecified atom stereocenters. The molecular formula is C17H22N2O2. The minimum atomic E-state index is 0.667. The lowest BCUT2D eigenvalue weighted by Crippen LogP contribution is -2.15. The molecule has 1 aromatic heterocycles. The lowest BCUT2D eigenvalue weighted by atomic mass is 10.2. The summed E-state index contributed by atoms with van der Waals surface area (Å²) in [7, 11) is 0. The summed E-state index contributed by atoms with van der Waals surface area (Å²) in [5.74, 6) is 2.46. The van der Waals surface area contributed by atoms with Gasteiger partial charge >= 0.3 is 0 Å². The van der Waals surface area contributed by atoms with Crippen LogP contribution in [0.4, 0.5) is 0 Å². The number of hydrogen-bond acceptors (Lipinski definition) is 4. The molecule has 1 N–H and O–H groups in total. The van der Waals surface area contributed by atoms with E-state index in [1.807, 2.05) is 24.3 Å². The molecule has 0 saturated heterocycles. The summed E-state index contributed by atoms with van der Waals surface area (Å²) < 4.78 is 11.4. The maximum atomic E-state index is 5.77. The van der Waals surface area contributed by atoms with Crippen molar-refractivity contribution in [2.24, 2.45) is 0 Å². The first kappa shape index (κ1) is 14.1. The van der Waals surface area contributed by atoms with Gasteiger partial charge in [-0.05, 0) is 43.5 Å². The molecule has 0 atom stereocenters. The molecule has 1 saturated carbocycles. The fraction of sp³-hybridized carbons (Fsp3) is 0.471. The lowest BCUT2D eigenvalue weighted by molar-refractivity contribution is 0.309. The van der Waals surface area contributed by atoms with Crippen molar-refractivity contribution in [2.45, 2.75) is 45.2 Å². The second-order valence-electron chi connectivity index (χ2n) is 5.50. The number of ether oxygens (including phenoxy) is 1. The number of benzene rings is 1. The molecule has 0 spiro atoms. The van der Waals surface area contributed by atoms with Crippen molar-refractivity contribution in [3.63, 3.8) is 0 Å². The second-order valence-corrected chi connectivity index (χ2v) is 5.50. The van der Waals surface area contributed by atoms with Gasteiger partial charge in [-0.25, -0.2) is 4.98 Å². The molecule has 1 heterocycles. The third-order valence-corrected chi connectivity index (χ3v) is 3.58. The summed E-state index contributed by atoms with van der Waals surface area (Å²) in [6, 6.07) is 8.66. The van der Waals surface area contributed by atoms with Crippen LogP contribution in [0.3, 0.4) is 0 Å². The Balaban J connectivity index is 1.57. The first-order valence-corrected chi connectivity index (χ1v) is 7.76. The zero-order valence-electron chi connectivity index (χ0n) is 12.5. The Bertz CT molecular complexity index is 558. The van der Waals surface area contributed by atoms with E-state index in [0.717, 1.165) is 42.4 Å². The lowest BCUT2D eigenvalue weighted by Gasteiger charge is -2.05. The molecule has 0 aliphatic heterocycles. The van der Waals surface area contributed by atoms with Crippen molar-refractivity contribution in [1.29, 1.82) is 0 Å². The monoisotopic (exact) mass is 286 g/mol. The standard InChI is InChI=1S/C17H22N2O2/c1-2-3-10-20-15-8-4-13(5-9-15)16-11-19-17(21-16)12-18-14-6-7-14/h4-5,8-9,11,14,18H,2-3,6-7,10,12H2,1H3. The van der Waals surface area contributed by atoms with Crippen LogP contribution in [0.2, 0.25) is 0 Å². The van der Waals surface area contributed by atoms with E-state index in [9.17, 15) is 0 Å². The molecule has 0 radical (unpaired) electrons. The average Bonchev–Trinajstić information content (AvgIpc) is 3.23. The van der Waals surface area contributed by atoms with Crippen molar-refractivity contribution < 1.29 is 9.15 Å². The van der Waals surface area contributed by atoms with Crippen LogP contribution >= 0.6 is 0 Å².